The number of fused-ring (bicyclic) bond motifs is 1. The number of benzene rings is 1. The lowest BCUT2D eigenvalue weighted by Gasteiger charge is -2.11. The second-order valence-electron chi connectivity index (χ2n) is 4.75. The second-order valence-corrected chi connectivity index (χ2v) is 5.14. The highest BCUT2D eigenvalue weighted by Crippen LogP contribution is 2.29. The monoisotopic (exact) mass is 317 g/mol. The molecule has 0 saturated carbocycles. The van der Waals surface area contributed by atoms with Gasteiger partial charge in [0.1, 0.15) is 18.1 Å². The predicted octanol–water partition coefficient (Wildman–Crippen LogP) is 2.10. The van der Waals surface area contributed by atoms with Gasteiger partial charge in [0.25, 0.3) is 0 Å². The molecular weight excluding hydrogens is 302 g/mol. The fraction of sp³-hybridized carbons (Fsp3) is 0.214. The Morgan fingerprint density at radius 3 is 2.86 bits per heavy atom. The molecule has 0 aliphatic heterocycles. The van der Waals surface area contributed by atoms with Crippen LogP contribution >= 0.6 is 12.2 Å². The van der Waals surface area contributed by atoms with E-state index in [1.165, 1.54) is 4.68 Å². The van der Waals surface area contributed by atoms with Crippen molar-refractivity contribution in [2.24, 2.45) is 0 Å². The van der Waals surface area contributed by atoms with Crippen LogP contribution < -0.4 is 15.3 Å². The van der Waals surface area contributed by atoms with Gasteiger partial charge in [-0.2, -0.15) is 5.10 Å². The number of methoxy groups -OCH3 is 1. The zero-order valence-corrected chi connectivity index (χ0v) is 13.0. The maximum absolute atomic E-state index is 5.85. The third-order valence-electron chi connectivity index (χ3n) is 3.24. The summed E-state index contributed by atoms with van der Waals surface area (Å²) in [6.07, 6.45) is 0. The Morgan fingerprint density at radius 1 is 1.36 bits per heavy atom. The molecule has 0 radical (unpaired) electrons. The number of nitrogens with one attached hydrogen (secondary N) is 1. The molecule has 7 nitrogen and oxygen atoms in total. The number of H-pyrrole nitrogens is 1. The van der Waals surface area contributed by atoms with Gasteiger partial charge < -0.3 is 15.3 Å². The summed E-state index contributed by atoms with van der Waals surface area (Å²) >= 11 is 4.97. The van der Waals surface area contributed by atoms with Crippen molar-refractivity contribution in [3.05, 3.63) is 40.6 Å². The molecule has 0 spiro atoms. The van der Waals surface area contributed by atoms with E-state index in [0.29, 0.717) is 16.3 Å². The summed E-state index contributed by atoms with van der Waals surface area (Å²) < 4.78 is 12.7. The molecule has 0 aliphatic carbocycles. The van der Waals surface area contributed by atoms with Crippen LogP contribution in [-0.2, 0) is 6.61 Å². The summed E-state index contributed by atoms with van der Waals surface area (Å²) in [4.78, 5) is 4.48. The van der Waals surface area contributed by atoms with Gasteiger partial charge in [-0.3, -0.25) is 10.1 Å². The van der Waals surface area contributed by atoms with E-state index in [-0.39, 0.29) is 6.61 Å². The number of nitrogen functional groups attached to an aromatic ring is 1. The van der Waals surface area contributed by atoms with Crippen molar-refractivity contribution in [3.63, 3.8) is 0 Å². The van der Waals surface area contributed by atoms with Crippen molar-refractivity contribution >= 4 is 23.1 Å². The van der Waals surface area contributed by atoms with Gasteiger partial charge in [0.15, 0.2) is 5.82 Å². The SMILES string of the molecule is COc1ccc2nc(C)cc(OCc3n[nH]c(=S)n3N)c2c1. The van der Waals surface area contributed by atoms with Gasteiger partial charge in [0.05, 0.1) is 12.6 Å². The molecule has 3 rings (SSSR count). The number of nitrogens with zero attached hydrogens (tertiary/aromatic N) is 3. The third kappa shape index (κ3) is 2.60. The molecule has 8 heteroatoms. The first-order valence-corrected chi connectivity index (χ1v) is 6.99. The Labute approximate surface area is 131 Å². The quantitative estimate of drug-likeness (QED) is 0.565. The minimum Gasteiger partial charge on any atom is -0.497 e. The summed E-state index contributed by atoms with van der Waals surface area (Å²) in [6.45, 7) is 2.11. The predicted molar refractivity (Wildman–Crippen MR) is 84.9 cm³/mol. The molecule has 0 aliphatic rings. The average molecular weight is 317 g/mol. The first kappa shape index (κ1) is 14.3. The van der Waals surface area contributed by atoms with Gasteiger partial charge in [0, 0.05) is 17.1 Å². The van der Waals surface area contributed by atoms with Gasteiger partial charge in [-0.25, -0.2) is 4.68 Å². The molecule has 0 bridgehead atoms. The summed E-state index contributed by atoms with van der Waals surface area (Å²) in [5, 5.41) is 7.50. The van der Waals surface area contributed by atoms with E-state index in [1.807, 2.05) is 31.2 Å². The Bertz CT molecular complexity index is 887. The van der Waals surface area contributed by atoms with E-state index in [0.717, 1.165) is 22.3 Å². The lowest BCUT2D eigenvalue weighted by atomic mass is 10.1. The molecule has 0 unspecified atom stereocenters. The zero-order valence-electron chi connectivity index (χ0n) is 12.2. The smallest absolute Gasteiger partial charge is 0.214 e. The molecule has 22 heavy (non-hydrogen) atoms. The van der Waals surface area contributed by atoms with Crippen LogP contribution in [0.3, 0.4) is 0 Å². The molecular formula is C14H15N5O2S. The highest BCUT2D eigenvalue weighted by atomic mass is 32.1. The number of nitrogens with two attached hydrogens (primary N) is 1. The molecule has 3 N–H and O–H groups in total. The molecule has 0 amide bonds. The third-order valence-corrected chi connectivity index (χ3v) is 3.53. The maximum atomic E-state index is 5.85. The van der Waals surface area contributed by atoms with Crippen molar-refractivity contribution < 1.29 is 9.47 Å². The first-order valence-electron chi connectivity index (χ1n) is 6.58. The molecule has 114 valence electrons. The van der Waals surface area contributed by atoms with Crippen LogP contribution in [0.15, 0.2) is 24.3 Å². The summed E-state index contributed by atoms with van der Waals surface area (Å²) in [5.41, 5.74) is 1.70. The Balaban J connectivity index is 1.98. The first-order chi connectivity index (χ1) is 10.6. The van der Waals surface area contributed by atoms with Gasteiger partial charge in [-0.15, -0.1) is 0 Å². The number of ether oxygens (including phenoxy) is 2. The van der Waals surface area contributed by atoms with Crippen molar-refractivity contribution in [2.45, 2.75) is 13.5 Å². The largest absolute Gasteiger partial charge is 0.497 e. The van der Waals surface area contributed by atoms with Gasteiger partial charge in [-0.1, -0.05) is 0 Å². The number of aryl methyl sites for hydroxylation is 1. The lowest BCUT2D eigenvalue weighted by molar-refractivity contribution is 0.295. The highest BCUT2D eigenvalue weighted by molar-refractivity contribution is 7.71. The number of aromatic amines is 1. The van der Waals surface area contributed by atoms with Crippen molar-refractivity contribution in [1.82, 2.24) is 19.9 Å². The lowest BCUT2D eigenvalue weighted by Crippen LogP contribution is -2.14. The van der Waals surface area contributed by atoms with Gasteiger partial charge in [-0.05, 0) is 37.3 Å². The fourth-order valence-electron chi connectivity index (χ4n) is 2.13. The number of rotatable bonds is 4. The van der Waals surface area contributed by atoms with Crippen LogP contribution in [0.5, 0.6) is 11.5 Å². The Hall–Kier alpha value is -2.61. The second kappa shape index (κ2) is 5.64. The number of pyridine rings is 1. The van der Waals surface area contributed by atoms with E-state index in [1.54, 1.807) is 7.11 Å². The average Bonchev–Trinajstić information content (AvgIpc) is 2.83. The van der Waals surface area contributed by atoms with E-state index in [4.69, 9.17) is 27.5 Å². The number of hydrogen-bond acceptors (Lipinski definition) is 6. The Morgan fingerprint density at radius 2 is 2.18 bits per heavy atom. The highest BCUT2D eigenvalue weighted by Gasteiger charge is 2.09. The van der Waals surface area contributed by atoms with Crippen LogP contribution in [0.4, 0.5) is 0 Å². The molecule has 0 atom stereocenters. The molecule has 0 fully saturated rings. The molecule has 2 aromatic heterocycles. The minimum absolute atomic E-state index is 0.194. The van der Waals surface area contributed by atoms with E-state index in [9.17, 15) is 0 Å². The van der Waals surface area contributed by atoms with Crippen molar-refractivity contribution in [1.29, 1.82) is 0 Å². The molecule has 0 saturated heterocycles. The summed E-state index contributed by atoms with van der Waals surface area (Å²) in [5.74, 6) is 7.70. The number of hydrogen-bond donors (Lipinski definition) is 2. The molecule has 2 heterocycles. The minimum atomic E-state index is 0.194. The van der Waals surface area contributed by atoms with Crippen LogP contribution in [0.1, 0.15) is 11.5 Å². The standard InChI is InChI=1S/C14H15N5O2S/c1-8-5-12(21-7-13-17-18-14(22)19(13)15)10-6-9(20-2)3-4-11(10)16-8/h3-6H,7,15H2,1-2H3,(H,18,22). The van der Waals surface area contributed by atoms with E-state index >= 15 is 0 Å². The topological polar surface area (TPSA) is 91.0 Å². The van der Waals surface area contributed by atoms with Crippen LogP contribution in [0.25, 0.3) is 10.9 Å². The normalized spacial score (nSPS) is 10.8. The van der Waals surface area contributed by atoms with Crippen LogP contribution in [0.2, 0.25) is 0 Å². The van der Waals surface area contributed by atoms with Gasteiger partial charge in [0.2, 0.25) is 4.77 Å². The van der Waals surface area contributed by atoms with Gasteiger partial charge >= 0.3 is 0 Å². The fourth-order valence-corrected chi connectivity index (χ4v) is 2.28. The van der Waals surface area contributed by atoms with Crippen LogP contribution in [-0.4, -0.2) is 27.0 Å². The van der Waals surface area contributed by atoms with Crippen molar-refractivity contribution in [3.8, 4) is 11.5 Å². The summed E-state index contributed by atoms with van der Waals surface area (Å²) in [6, 6.07) is 7.51. The Kier molecular flexibility index (Phi) is 3.68. The van der Waals surface area contributed by atoms with E-state index in [2.05, 4.69) is 15.2 Å². The molecule has 3 aromatic rings. The maximum Gasteiger partial charge on any atom is 0.214 e. The number of aromatic nitrogens is 4. The van der Waals surface area contributed by atoms with E-state index < -0.39 is 0 Å². The van der Waals surface area contributed by atoms with Crippen LogP contribution in [0, 0.1) is 11.7 Å². The van der Waals surface area contributed by atoms with Crippen molar-refractivity contribution in [2.75, 3.05) is 13.0 Å². The summed E-state index contributed by atoms with van der Waals surface area (Å²) in [7, 11) is 1.62. The molecule has 1 aromatic carbocycles. The zero-order chi connectivity index (χ0) is 15.7.